The van der Waals surface area contributed by atoms with Gasteiger partial charge in [0.25, 0.3) is 0 Å². The van der Waals surface area contributed by atoms with Crippen molar-refractivity contribution in [3.8, 4) is 0 Å². The van der Waals surface area contributed by atoms with Crippen LogP contribution in [0.2, 0.25) is 0 Å². The van der Waals surface area contributed by atoms with Crippen molar-refractivity contribution < 1.29 is 0 Å². The Kier molecular flexibility index (Phi) is 3.36. The van der Waals surface area contributed by atoms with Crippen LogP contribution in [-0.2, 0) is 0 Å². The molecular formula is C11H14N4S. The van der Waals surface area contributed by atoms with E-state index in [1.54, 1.807) is 17.5 Å². The van der Waals surface area contributed by atoms with Gasteiger partial charge in [-0.15, -0.1) is 11.3 Å². The minimum absolute atomic E-state index is 0.375. The SMILES string of the molecule is CC(CNc1cccnc1N)c1nccs1. The summed E-state index contributed by atoms with van der Waals surface area (Å²) >= 11 is 1.67. The predicted octanol–water partition coefficient (Wildman–Crippen LogP) is 2.34. The first-order valence-corrected chi connectivity index (χ1v) is 5.99. The molecule has 0 aromatic carbocycles. The maximum atomic E-state index is 5.74. The van der Waals surface area contributed by atoms with Gasteiger partial charge in [0.1, 0.15) is 5.82 Å². The fraction of sp³-hybridized carbons (Fsp3) is 0.273. The van der Waals surface area contributed by atoms with Gasteiger partial charge in [0.15, 0.2) is 0 Å². The molecule has 84 valence electrons. The number of rotatable bonds is 4. The molecule has 1 atom stereocenters. The quantitative estimate of drug-likeness (QED) is 0.852. The zero-order valence-electron chi connectivity index (χ0n) is 9.05. The summed E-state index contributed by atoms with van der Waals surface area (Å²) in [6, 6.07) is 3.80. The Morgan fingerprint density at radius 3 is 3.00 bits per heavy atom. The lowest BCUT2D eigenvalue weighted by molar-refractivity contribution is 0.795. The molecule has 3 N–H and O–H groups in total. The van der Waals surface area contributed by atoms with Crippen molar-refractivity contribution in [1.29, 1.82) is 0 Å². The van der Waals surface area contributed by atoms with Gasteiger partial charge in [-0.1, -0.05) is 6.92 Å². The summed E-state index contributed by atoms with van der Waals surface area (Å²) in [5.41, 5.74) is 6.62. The molecule has 2 aromatic rings. The van der Waals surface area contributed by atoms with Gasteiger partial charge < -0.3 is 11.1 Å². The first kappa shape index (κ1) is 10.9. The highest BCUT2D eigenvalue weighted by molar-refractivity contribution is 7.09. The molecule has 0 aliphatic rings. The van der Waals surface area contributed by atoms with Crippen molar-refractivity contribution in [3.63, 3.8) is 0 Å². The number of aromatic nitrogens is 2. The zero-order chi connectivity index (χ0) is 11.4. The largest absolute Gasteiger partial charge is 0.382 e. The van der Waals surface area contributed by atoms with E-state index in [0.717, 1.165) is 17.2 Å². The second-order valence-corrected chi connectivity index (χ2v) is 4.51. The van der Waals surface area contributed by atoms with E-state index in [1.807, 2.05) is 23.7 Å². The molecule has 2 rings (SSSR count). The average molecular weight is 234 g/mol. The van der Waals surface area contributed by atoms with Gasteiger partial charge in [-0.2, -0.15) is 0 Å². The Labute approximate surface area is 98.6 Å². The number of nitrogens with one attached hydrogen (secondary N) is 1. The second kappa shape index (κ2) is 4.94. The van der Waals surface area contributed by atoms with Gasteiger partial charge >= 0.3 is 0 Å². The molecule has 2 aromatic heterocycles. The highest BCUT2D eigenvalue weighted by Crippen LogP contribution is 2.20. The summed E-state index contributed by atoms with van der Waals surface area (Å²) in [6.45, 7) is 2.95. The predicted molar refractivity (Wildman–Crippen MR) is 67.7 cm³/mol. The fourth-order valence-corrected chi connectivity index (χ4v) is 2.09. The monoisotopic (exact) mass is 234 g/mol. The van der Waals surface area contributed by atoms with Crippen LogP contribution in [-0.4, -0.2) is 16.5 Å². The number of nitrogens with zero attached hydrogens (tertiary/aromatic N) is 2. The van der Waals surface area contributed by atoms with Crippen molar-refractivity contribution in [2.45, 2.75) is 12.8 Å². The van der Waals surface area contributed by atoms with Gasteiger partial charge in [0.2, 0.25) is 0 Å². The molecule has 2 heterocycles. The number of nitrogens with two attached hydrogens (primary N) is 1. The third-order valence-electron chi connectivity index (χ3n) is 2.31. The van der Waals surface area contributed by atoms with Crippen molar-refractivity contribution in [2.75, 3.05) is 17.6 Å². The van der Waals surface area contributed by atoms with E-state index in [2.05, 4.69) is 22.2 Å². The summed E-state index contributed by atoms with van der Waals surface area (Å²) in [5.74, 6) is 0.911. The van der Waals surface area contributed by atoms with Crippen LogP contribution < -0.4 is 11.1 Å². The van der Waals surface area contributed by atoms with E-state index in [-0.39, 0.29) is 0 Å². The number of anilines is 2. The molecule has 1 unspecified atom stereocenters. The molecule has 0 radical (unpaired) electrons. The average Bonchev–Trinajstić information content (AvgIpc) is 2.81. The zero-order valence-corrected chi connectivity index (χ0v) is 9.87. The van der Waals surface area contributed by atoms with Crippen molar-refractivity contribution in [3.05, 3.63) is 34.9 Å². The Morgan fingerprint density at radius 1 is 1.44 bits per heavy atom. The normalized spacial score (nSPS) is 12.3. The molecule has 0 aliphatic carbocycles. The third-order valence-corrected chi connectivity index (χ3v) is 3.32. The second-order valence-electron chi connectivity index (χ2n) is 3.59. The molecular weight excluding hydrogens is 220 g/mol. The number of hydrogen-bond acceptors (Lipinski definition) is 5. The van der Waals surface area contributed by atoms with Gasteiger partial charge in [-0.3, -0.25) is 0 Å². The molecule has 0 fully saturated rings. The first-order chi connectivity index (χ1) is 7.77. The summed E-state index contributed by atoms with van der Waals surface area (Å²) < 4.78 is 0. The molecule has 0 amide bonds. The Balaban J connectivity index is 1.95. The molecule has 0 saturated heterocycles. The van der Waals surface area contributed by atoms with E-state index in [4.69, 9.17) is 5.73 Å². The lowest BCUT2D eigenvalue weighted by Crippen LogP contribution is -2.11. The topological polar surface area (TPSA) is 63.8 Å². The van der Waals surface area contributed by atoms with Crippen LogP contribution in [0.1, 0.15) is 17.8 Å². The van der Waals surface area contributed by atoms with Crippen LogP contribution in [0.3, 0.4) is 0 Å². The lowest BCUT2D eigenvalue weighted by Gasteiger charge is -2.12. The first-order valence-electron chi connectivity index (χ1n) is 5.11. The van der Waals surface area contributed by atoms with Crippen molar-refractivity contribution in [2.24, 2.45) is 0 Å². The van der Waals surface area contributed by atoms with Gasteiger partial charge in [0, 0.05) is 30.2 Å². The standard InChI is InChI=1S/C11H14N4S/c1-8(11-14-5-6-16-11)7-15-9-3-2-4-13-10(9)12/h2-6,8,15H,7H2,1H3,(H2,12,13). The van der Waals surface area contributed by atoms with E-state index in [0.29, 0.717) is 11.7 Å². The summed E-state index contributed by atoms with van der Waals surface area (Å²) in [6.07, 6.45) is 3.51. The van der Waals surface area contributed by atoms with Crippen LogP contribution >= 0.6 is 11.3 Å². The minimum atomic E-state index is 0.375. The van der Waals surface area contributed by atoms with E-state index < -0.39 is 0 Å². The van der Waals surface area contributed by atoms with Crippen LogP contribution in [0.4, 0.5) is 11.5 Å². The molecule has 0 saturated carbocycles. The molecule has 0 aliphatic heterocycles. The molecule has 0 bridgehead atoms. The van der Waals surface area contributed by atoms with Crippen LogP contribution in [0.25, 0.3) is 0 Å². The van der Waals surface area contributed by atoms with Crippen LogP contribution in [0, 0.1) is 0 Å². The Bertz CT molecular complexity index is 441. The number of nitrogen functional groups attached to an aromatic ring is 1. The molecule has 5 heteroatoms. The Morgan fingerprint density at radius 2 is 2.31 bits per heavy atom. The van der Waals surface area contributed by atoms with Gasteiger partial charge in [-0.25, -0.2) is 9.97 Å². The van der Waals surface area contributed by atoms with Gasteiger partial charge in [0.05, 0.1) is 10.7 Å². The number of pyridine rings is 1. The number of thiazole rings is 1. The lowest BCUT2D eigenvalue weighted by atomic mass is 10.2. The van der Waals surface area contributed by atoms with Gasteiger partial charge in [-0.05, 0) is 12.1 Å². The summed E-state index contributed by atoms with van der Waals surface area (Å²) in [4.78, 5) is 8.30. The fourth-order valence-electron chi connectivity index (χ4n) is 1.40. The molecule has 0 spiro atoms. The number of hydrogen-bond donors (Lipinski definition) is 2. The highest BCUT2D eigenvalue weighted by Gasteiger charge is 2.08. The maximum Gasteiger partial charge on any atom is 0.146 e. The molecule has 16 heavy (non-hydrogen) atoms. The minimum Gasteiger partial charge on any atom is -0.382 e. The van der Waals surface area contributed by atoms with Crippen molar-refractivity contribution >= 4 is 22.8 Å². The maximum absolute atomic E-state index is 5.74. The smallest absolute Gasteiger partial charge is 0.146 e. The third kappa shape index (κ3) is 2.49. The van der Waals surface area contributed by atoms with Crippen molar-refractivity contribution in [1.82, 2.24) is 9.97 Å². The summed E-state index contributed by atoms with van der Waals surface area (Å²) in [7, 11) is 0. The Hall–Kier alpha value is -1.62. The van der Waals surface area contributed by atoms with E-state index >= 15 is 0 Å². The highest BCUT2D eigenvalue weighted by atomic mass is 32.1. The van der Waals surface area contributed by atoms with Crippen LogP contribution in [0.5, 0.6) is 0 Å². The van der Waals surface area contributed by atoms with Crippen LogP contribution in [0.15, 0.2) is 29.9 Å². The van der Waals surface area contributed by atoms with E-state index in [1.165, 1.54) is 0 Å². The molecule has 4 nitrogen and oxygen atoms in total. The van der Waals surface area contributed by atoms with E-state index in [9.17, 15) is 0 Å². The summed E-state index contributed by atoms with van der Waals surface area (Å²) in [5, 5.41) is 6.40.